The molecule has 1 heterocycles. The second-order valence-electron chi connectivity index (χ2n) is 7.39. The summed E-state index contributed by atoms with van der Waals surface area (Å²) in [4.78, 5) is 17.2. The molecule has 1 amide bonds. The molecule has 174 valence electrons. The number of rotatable bonds is 9. The average Bonchev–Trinajstić information content (AvgIpc) is 3.31. The van der Waals surface area contributed by atoms with Crippen molar-refractivity contribution in [3.63, 3.8) is 0 Å². The van der Waals surface area contributed by atoms with Gasteiger partial charge in [0.1, 0.15) is 23.2 Å². The van der Waals surface area contributed by atoms with Gasteiger partial charge < -0.3 is 19.5 Å². The Labute approximate surface area is 201 Å². The van der Waals surface area contributed by atoms with Crippen LogP contribution in [0, 0.1) is 5.82 Å². The molecule has 0 aliphatic heterocycles. The molecule has 0 saturated heterocycles. The first-order valence-electron chi connectivity index (χ1n) is 10.5. The normalized spacial score (nSPS) is 10.6. The van der Waals surface area contributed by atoms with E-state index < -0.39 is 0 Å². The van der Waals surface area contributed by atoms with Crippen molar-refractivity contribution in [1.82, 2.24) is 4.98 Å². The van der Waals surface area contributed by atoms with E-state index in [2.05, 4.69) is 10.3 Å². The Morgan fingerprint density at radius 1 is 1.00 bits per heavy atom. The summed E-state index contributed by atoms with van der Waals surface area (Å²) >= 11 is 1.46. The molecule has 0 unspecified atom stereocenters. The molecule has 0 atom stereocenters. The third kappa shape index (κ3) is 5.90. The number of hydrogen-bond acceptors (Lipinski definition) is 6. The van der Waals surface area contributed by atoms with E-state index in [1.54, 1.807) is 50.6 Å². The maximum Gasteiger partial charge on any atom is 0.230 e. The number of aromatic nitrogens is 1. The summed E-state index contributed by atoms with van der Waals surface area (Å²) in [6, 6.07) is 18.9. The third-order valence-corrected chi connectivity index (χ3v) is 5.88. The fourth-order valence-corrected chi connectivity index (χ4v) is 4.13. The minimum absolute atomic E-state index is 0.137. The van der Waals surface area contributed by atoms with Crippen LogP contribution in [0.5, 0.6) is 17.2 Å². The largest absolute Gasteiger partial charge is 0.493 e. The van der Waals surface area contributed by atoms with Crippen LogP contribution in [0.2, 0.25) is 0 Å². The van der Waals surface area contributed by atoms with Gasteiger partial charge in [-0.3, -0.25) is 4.79 Å². The SMILES string of the molecule is COc1ccc(-c2nc(CC(=O)Nc3cccc(OCc4cccc(F)c4)c3)cs2)cc1OC. The van der Waals surface area contributed by atoms with Crippen LogP contribution >= 0.6 is 11.3 Å². The third-order valence-electron chi connectivity index (χ3n) is 4.94. The number of anilines is 1. The minimum Gasteiger partial charge on any atom is -0.493 e. The molecule has 4 aromatic rings. The first-order chi connectivity index (χ1) is 16.5. The maximum atomic E-state index is 13.3. The summed E-state index contributed by atoms with van der Waals surface area (Å²) in [6.07, 6.45) is 0.137. The Balaban J connectivity index is 1.36. The van der Waals surface area contributed by atoms with Crippen molar-refractivity contribution in [2.24, 2.45) is 0 Å². The van der Waals surface area contributed by atoms with E-state index in [1.807, 2.05) is 23.6 Å². The molecular formula is C26H23FN2O4S. The van der Waals surface area contributed by atoms with E-state index in [9.17, 15) is 9.18 Å². The van der Waals surface area contributed by atoms with Gasteiger partial charge in [-0.15, -0.1) is 11.3 Å². The van der Waals surface area contributed by atoms with Gasteiger partial charge in [0.2, 0.25) is 5.91 Å². The number of benzene rings is 3. The van der Waals surface area contributed by atoms with E-state index in [0.29, 0.717) is 28.6 Å². The summed E-state index contributed by atoms with van der Waals surface area (Å²) in [5.74, 6) is 1.34. The predicted molar refractivity (Wildman–Crippen MR) is 130 cm³/mol. The van der Waals surface area contributed by atoms with Gasteiger partial charge in [0.25, 0.3) is 0 Å². The highest BCUT2D eigenvalue weighted by Gasteiger charge is 2.12. The minimum atomic E-state index is -0.307. The van der Waals surface area contributed by atoms with Crippen LogP contribution in [-0.2, 0) is 17.8 Å². The molecule has 6 nitrogen and oxygen atoms in total. The highest BCUT2D eigenvalue weighted by atomic mass is 32.1. The lowest BCUT2D eigenvalue weighted by Gasteiger charge is -2.09. The van der Waals surface area contributed by atoms with E-state index in [-0.39, 0.29) is 24.8 Å². The van der Waals surface area contributed by atoms with Gasteiger partial charge in [0, 0.05) is 22.7 Å². The smallest absolute Gasteiger partial charge is 0.230 e. The van der Waals surface area contributed by atoms with Gasteiger partial charge >= 0.3 is 0 Å². The van der Waals surface area contributed by atoms with Gasteiger partial charge in [-0.2, -0.15) is 0 Å². The number of nitrogens with one attached hydrogen (secondary N) is 1. The van der Waals surface area contributed by atoms with Crippen LogP contribution in [0.25, 0.3) is 10.6 Å². The highest BCUT2D eigenvalue weighted by molar-refractivity contribution is 7.13. The monoisotopic (exact) mass is 478 g/mol. The number of carbonyl (C=O) groups excluding carboxylic acids is 1. The Hall–Kier alpha value is -3.91. The summed E-state index contributed by atoms with van der Waals surface area (Å²) in [5.41, 5.74) is 2.89. The van der Waals surface area contributed by atoms with Crippen molar-refractivity contribution in [3.8, 4) is 27.8 Å². The predicted octanol–water partition coefficient (Wildman–Crippen LogP) is 5.73. The van der Waals surface area contributed by atoms with Crippen LogP contribution in [0.15, 0.2) is 72.1 Å². The fourth-order valence-electron chi connectivity index (χ4n) is 3.32. The first-order valence-corrected chi connectivity index (χ1v) is 11.4. The molecular weight excluding hydrogens is 455 g/mol. The molecule has 0 aliphatic carbocycles. The van der Waals surface area contributed by atoms with Crippen LogP contribution in [0.3, 0.4) is 0 Å². The van der Waals surface area contributed by atoms with E-state index in [0.717, 1.165) is 16.1 Å². The lowest BCUT2D eigenvalue weighted by atomic mass is 10.2. The summed E-state index contributed by atoms with van der Waals surface area (Å²) in [5, 5.41) is 5.52. The van der Waals surface area contributed by atoms with Gasteiger partial charge in [-0.05, 0) is 48.0 Å². The van der Waals surface area contributed by atoms with Crippen molar-refractivity contribution in [1.29, 1.82) is 0 Å². The number of hydrogen-bond donors (Lipinski definition) is 1. The lowest BCUT2D eigenvalue weighted by molar-refractivity contribution is -0.115. The van der Waals surface area contributed by atoms with Gasteiger partial charge in [-0.1, -0.05) is 18.2 Å². The van der Waals surface area contributed by atoms with Crippen molar-refractivity contribution in [2.45, 2.75) is 13.0 Å². The number of thiazole rings is 1. The van der Waals surface area contributed by atoms with Crippen molar-refractivity contribution >= 4 is 22.9 Å². The fraction of sp³-hybridized carbons (Fsp3) is 0.154. The number of ether oxygens (including phenoxy) is 3. The van der Waals surface area contributed by atoms with Crippen LogP contribution in [-0.4, -0.2) is 25.1 Å². The quantitative estimate of drug-likeness (QED) is 0.333. The van der Waals surface area contributed by atoms with Gasteiger partial charge in [-0.25, -0.2) is 9.37 Å². The van der Waals surface area contributed by atoms with Crippen LogP contribution < -0.4 is 19.5 Å². The van der Waals surface area contributed by atoms with E-state index in [1.165, 1.54) is 23.5 Å². The molecule has 0 aliphatic rings. The molecule has 1 N–H and O–H groups in total. The molecule has 34 heavy (non-hydrogen) atoms. The molecule has 0 bridgehead atoms. The number of amides is 1. The van der Waals surface area contributed by atoms with E-state index >= 15 is 0 Å². The molecule has 0 spiro atoms. The Morgan fingerprint density at radius 2 is 1.82 bits per heavy atom. The first kappa shape index (κ1) is 23.3. The molecule has 0 saturated carbocycles. The molecule has 4 rings (SSSR count). The van der Waals surface area contributed by atoms with Crippen molar-refractivity contribution in [2.75, 3.05) is 19.5 Å². The van der Waals surface area contributed by atoms with Gasteiger partial charge in [0.05, 0.1) is 26.3 Å². The summed E-state index contributed by atoms with van der Waals surface area (Å²) in [6.45, 7) is 0.229. The molecule has 0 radical (unpaired) electrons. The standard InChI is InChI=1S/C26H23FN2O4S/c1-31-23-10-9-18(12-24(23)32-2)26-29-21(16-34-26)14-25(30)28-20-7-4-8-22(13-20)33-15-17-5-3-6-19(27)11-17/h3-13,16H,14-15H2,1-2H3,(H,28,30). The highest BCUT2D eigenvalue weighted by Crippen LogP contribution is 2.33. The number of halogens is 1. The lowest BCUT2D eigenvalue weighted by Crippen LogP contribution is -2.14. The Bertz CT molecular complexity index is 1290. The van der Waals surface area contributed by atoms with E-state index in [4.69, 9.17) is 14.2 Å². The molecule has 8 heteroatoms. The van der Waals surface area contributed by atoms with Gasteiger partial charge in [0.15, 0.2) is 11.5 Å². The van der Waals surface area contributed by atoms with Crippen molar-refractivity contribution < 1.29 is 23.4 Å². The second-order valence-corrected chi connectivity index (χ2v) is 8.24. The average molecular weight is 479 g/mol. The summed E-state index contributed by atoms with van der Waals surface area (Å²) < 4.78 is 29.7. The molecule has 1 aromatic heterocycles. The number of methoxy groups -OCH3 is 2. The van der Waals surface area contributed by atoms with Crippen LogP contribution in [0.4, 0.5) is 10.1 Å². The zero-order valence-electron chi connectivity index (χ0n) is 18.7. The zero-order valence-corrected chi connectivity index (χ0v) is 19.5. The number of nitrogens with zero attached hydrogens (tertiary/aromatic N) is 1. The Kier molecular flexibility index (Phi) is 7.39. The molecule has 3 aromatic carbocycles. The molecule has 0 fully saturated rings. The zero-order chi connectivity index (χ0) is 23.9. The number of carbonyl (C=O) groups is 1. The Morgan fingerprint density at radius 3 is 2.62 bits per heavy atom. The maximum absolute atomic E-state index is 13.3. The van der Waals surface area contributed by atoms with Crippen molar-refractivity contribution in [3.05, 3.63) is 89.2 Å². The van der Waals surface area contributed by atoms with Crippen LogP contribution in [0.1, 0.15) is 11.3 Å². The summed E-state index contributed by atoms with van der Waals surface area (Å²) in [7, 11) is 3.17. The second kappa shape index (κ2) is 10.8. The topological polar surface area (TPSA) is 69.7 Å².